The zero-order valence-corrected chi connectivity index (χ0v) is 16.1. The van der Waals surface area contributed by atoms with E-state index in [1.54, 1.807) is 0 Å². The summed E-state index contributed by atoms with van der Waals surface area (Å²) < 4.78 is 0. The molecule has 0 spiro atoms. The summed E-state index contributed by atoms with van der Waals surface area (Å²) in [6, 6.07) is 20.5. The van der Waals surface area contributed by atoms with Crippen molar-refractivity contribution in [1.82, 2.24) is 0 Å². The summed E-state index contributed by atoms with van der Waals surface area (Å²) >= 11 is 0. The van der Waals surface area contributed by atoms with Gasteiger partial charge in [-0.05, 0) is 57.7 Å². The molecular weight excluding hydrogens is 316 g/mol. The van der Waals surface area contributed by atoms with E-state index in [0.717, 1.165) is 28.3 Å². The third kappa shape index (κ3) is 2.76. The van der Waals surface area contributed by atoms with Crippen LogP contribution in [0.15, 0.2) is 60.7 Å². The predicted octanol–water partition coefficient (Wildman–Crippen LogP) is 6.42. The van der Waals surface area contributed by atoms with Crippen molar-refractivity contribution in [2.75, 3.05) is 0 Å². The smallest absolute Gasteiger partial charge is 0.193 e. The highest BCUT2D eigenvalue weighted by atomic mass is 16.1. The fourth-order valence-corrected chi connectivity index (χ4v) is 4.23. The highest BCUT2D eigenvalue weighted by Gasteiger charge is 2.37. The molecular formula is C25H26O. The lowest BCUT2D eigenvalue weighted by molar-refractivity contribution is 0.103. The number of benzene rings is 3. The molecule has 3 aromatic carbocycles. The Labute approximate surface area is 156 Å². The summed E-state index contributed by atoms with van der Waals surface area (Å²) in [5, 5.41) is 2.27. The van der Waals surface area contributed by atoms with Gasteiger partial charge in [-0.25, -0.2) is 0 Å². The van der Waals surface area contributed by atoms with Crippen LogP contribution in [0.25, 0.3) is 10.8 Å². The van der Waals surface area contributed by atoms with E-state index in [1.165, 1.54) is 17.5 Å². The molecule has 1 nitrogen and oxygen atoms in total. The maximum Gasteiger partial charge on any atom is 0.193 e. The van der Waals surface area contributed by atoms with Gasteiger partial charge in [0.2, 0.25) is 0 Å². The summed E-state index contributed by atoms with van der Waals surface area (Å²) in [6.07, 6.45) is 2.34. The van der Waals surface area contributed by atoms with Crippen molar-refractivity contribution in [2.24, 2.45) is 0 Å². The Kier molecular flexibility index (Phi) is 3.80. The molecule has 1 aliphatic rings. The summed E-state index contributed by atoms with van der Waals surface area (Å²) in [5.41, 5.74) is 4.57. The Morgan fingerprint density at radius 3 is 2.00 bits per heavy atom. The van der Waals surface area contributed by atoms with Crippen molar-refractivity contribution in [3.63, 3.8) is 0 Å². The first-order valence-corrected chi connectivity index (χ1v) is 9.46. The molecule has 0 saturated heterocycles. The van der Waals surface area contributed by atoms with Crippen molar-refractivity contribution < 1.29 is 4.79 Å². The average Bonchev–Trinajstić information content (AvgIpc) is 2.64. The molecule has 1 aliphatic carbocycles. The molecule has 0 saturated carbocycles. The molecule has 1 heteroatoms. The molecule has 4 rings (SSSR count). The Morgan fingerprint density at radius 1 is 0.692 bits per heavy atom. The van der Waals surface area contributed by atoms with E-state index >= 15 is 0 Å². The highest BCUT2D eigenvalue weighted by molar-refractivity contribution is 6.10. The first-order valence-electron chi connectivity index (χ1n) is 9.46. The summed E-state index contributed by atoms with van der Waals surface area (Å²) in [6.45, 7) is 9.22. The Hall–Kier alpha value is -2.41. The Morgan fingerprint density at radius 2 is 1.27 bits per heavy atom. The van der Waals surface area contributed by atoms with E-state index < -0.39 is 0 Å². The molecule has 0 atom stereocenters. The number of fused-ring (bicyclic) bond motifs is 2. The fraction of sp³-hybridized carbons (Fsp3) is 0.320. The summed E-state index contributed by atoms with van der Waals surface area (Å²) in [5.74, 6) is 0.109. The molecule has 0 aromatic heterocycles. The van der Waals surface area contributed by atoms with Crippen LogP contribution in [0.5, 0.6) is 0 Å². The monoisotopic (exact) mass is 342 g/mol. The van der Waals surface area contributed by atoms with E-state index in [2.05, 4.69) is 52.0 Å². The van der Waals surface area contributed by atoms with E-state index in [1.807, 2.05) is 36.4 Å². The van der Waals surface area contributed by atoms with Crippen LogP contribution in [0.4, 0.5) is 0 Å². The van der Waals surface area contributed by atoms with Crippen LogP contribution in [0.1, 0.15) is 67.6 Å². The van der Waals surface area contributed by atoms with Crippen LogP contribution in [0, 0.1) is 0 Å². The van der Waals surface area contributed by atoms with Crippen molar-refractivity contribution in [3.05, 3.63) is 82.9 Å². The van der Waals surface area contributed by atoms with Crippen LogP contribution in [-0.2, 0) is 10.8 Å². The van der Waals surface area contributed by atoms with Crippen molar-refractivity contribution in [3.8, 4) is 0 Å². The quantitative estimate of drug-likeness (QED) is 0.491. The molecule has 0 N–H and O–H groups in total. The largest absolute Gasteiger partial charge is 0.289 e. The number of ketones is 1. The van der Waals surface area contributed by atoms with Crippen LogP contribution in [0.3, 0.4) is 0 Å². The molecule has 0 amide bonds. The minimum atomic E-state index is 0.109. The topological polar surface area (TPSA) is 17.1 Å². The van der Waals surface area contributed by atoms with E-state index in [-0.39, 0.29) is 16.6 Å². The number of carbonyl (C=O) groups is 1. The molecule has 0 radical (unpaired) electrons. The molecule has 26 heavy (non-hydrogen) atoms. The number of carbonyl (C=O) groups excluding carboxylic acids is 1. The molecule has 3 aromatic rings. The molecule has 132 valence electrons. The number of hydrogen-bond donors (Lipinski definition) is 0. The van der Waals surface area contributed by atoms with Gasteiger partial charge in [-0.15, -0.1) is 0 Å². The van der Waals surface area contributed by atoms with Gasteiger partial charge in [0.1, 0.15) is 0 Å². The van der Waals surface area contributed by atoms with Gasteiger partial charge in [0.05, 0.1) is 0 Å². The molecule has 0 fully saturated rings. The van der Waals surface area contributed by atoms with Crippen molar-refractivity contribution >= 4 is 16.6 Å². The second-order valence-electron chi connectivity index (χ2n) is 8.92. The van der Waals surface area contributed by atoms with Crippen LogP contribution >= 0.6 is 0 Å². The number of rotatable bonds is 2. The van der Waals surface area contributed by atoms with Gasteiger partial charge < -0.3 is 0 Å². The molecule has 0 heterocycles. The fourth-order valence-electron chi connectivity index (χ4n) is 4.23. The first kappa shape index (κ1) is 17.0. The van der Waals surface area contributed by atoms with Gasteiger partial charge in [-0.2, -0.15) is 0 Å². The van der Waals surface area contributed by atoms with E-state index in [9.17, 15) is 4.79 Å². The number of hydrogen-bond acceptors (Lipinski definition) is 1. The normalized spacial score (nSPS) is 17.7. The first-order chi connectivity index (χ1) is 12.3. The van der Waals surface area contributed by atoms with E-state index in [0.29, 0.717) is 0 Å². The van der Waals surface area contributed by atoms with E-state index in [4.69, 9.17) is 0 Å². The maximum absolute atomic E-state index is 13.1. The van der Waals surface area contributed by atoms with Crippen molar-refractivity contribution in [2.45, 2.75) is 51.4 Å². The van der Waals surface area contributed by atoms with Gasteiger partial charge in [-0.3, -0.25) is 4.79 Å². The van der Waals surface area contributed by atoms with Gasteiger partial charge in [0.25, 0.3) is 0 Å². The predicted molar refractivity (Wildman–Crippen MR) is 109 cm³/mol. The SMILES string of the molecule is CC1(C)CCC(C)(C)c2cc(C(=O)c3ccc4ccccc4c3)ccc21. The molecule has 0 unspecified atom stereocenters. The zero-order chi connectivity index (χ0) is 18.5. The van der Waals surface area contributed by atoms with Gasteiger partial charge in [0.15, 0.2) is 5.78 Å². The van der Waals surface area contributed by atoms with Crippen LogP contribution in [-0.4, -0.2) is 5.78 Å². The lowest BCUT2D eigenvalue weighted by Crippen LogP contribution is -2.34. The second-order valence-corrected chi connectivity index (χ2v) is 8.92. The average molecular weight is 342 g/mol. The highest BCUT2D eigenvalue weighted by Crippen LogP contribution is 2.46. The lowest BCUT2D eigenvalue weighted by atomic mass is 9.63. The molecule has 0 bridgehead atoms. The lowest BCUT2D eigenvalue weighted by Gasteiger charge is -2.42. The van der Waals surface area contributed by atoms with Gasteiger partial charge in [0, 0.05) is 11.1 Å². The minimum Gasteiger partial charge on any atom is -0.289 e. The summed E-state index contributed by atoms with van der Waals surface area (Å²) in [4.78, 5) is 13.1. The van der Waals surface area contributed by atoms with Crippen LogP contribution < -0.4 is 0 Å². The minimum absolute atomic E-state index is 0.109. The third-order valence-electron chi connectivity index (χ3n) is 6.13. The van der Waals surface area contributed by atoms with Crippen molar-refractivity contribution in [1.29, 1.82) is 0 Å². The van der Waals surface area contributed by atoms with Gasteiger partial charge in [-0.1, -0.05) is 76.2 Å². The standard InChI is InChI=1S/C25H26O/c1-24(2)13-14-25(3,4)22-16-20(11-12-21(22)24)23(26)19-10-9-17-7-5-6-8-18(17)15-19/h5-12,15-16H,13-14H2,1-4H3. The third-order valence-corrected chi connectivity index (χ3v) is 6.13. The molecule has 0 aliphatic heterocycles. The van der Waals surface area contributed by atoms with Crippen LogP contribution in [0.2, 0.25) is 0 Å². The zero-order valence-electron chi connectivity index (χ0n) is 16.1. The summed E-state index contributed by atoms with van der Waals surface area (Å²) in [7, 11) is 0. The maximum atomic E-state index is 13.1. The second kappa shape index (κ2) is 5.81. The Bertz CT molecular complexity index is 1010. The van der Waals surface area contributed by atoms with Gasteiger partial charge >= 0.3 is 0 Å². The Balaban J connectivity index is 1.79.